The smallest absolute Gasteiger partial charge is 0.332 e. The lowest BCUT2D eigenvalue weighted by atomic mass is 10.2. The van der Waals surface area contributed by atoms with Crippen molar-refractivity contribution in [3.05, 3.63) is 57.0 Å². The van der Waals surface area contributed by atoms with Gasteiger partial charge in [-0.3, -0.25) is 13.9 Å². The van der Waals surface area contributed by atoms with Crippen molar-refractivity contribution in [2.45, 2.75) is 32.3 Å². The van der Waals surface area contributed by atoms with Gasteiger partial charge in [0, 0.05) is 19.3 Å². The number of rotatable bonds is 7. The van der Waals surface area contributed by atoms with Gasteiger partial charge >= 0.3 is 5.69 Å². The quantitative estimate of drug-likeness (QED) is 0.345. The number of hydrogen-bond acceptors (Lipinski definition) is 6. The van der Waals surface area contributed by atoms with Crippen LogP contribution in [0.25, 0.3) is 11.0 Å². The van der Waals surface area contributed by atoms with E-state index in [0.717, 1.165) is 10.3 Å². The number of benzene rings is 1. The molecule has 0 aliphatic carbocycles. The van der Waals surface area contributed by atoms with E-state index in [2.05, 4.69) is 9.97 Å². The normalized spacial score (nSPS) is 11.3. The summed E-state index contributed by atoms with van der Waals surface area (Å²) in [5, 5.41) is 0.968. The molecule has 0 unspecified atom stereocenters. The van der Waals surface area contributed by atoms with E-state index >= 15 is 0 Å². The Bertz CT molecular complexity index is 1090. The Hall–Kier alpha value is -2.61. The molecule has 7 nitrogen and oxygen atoms in total. The molecule has 0 atom stereocenters. The second kappa shape index (κ2) is 8.60. The molecule has 0 aliphatic heterocycles. The Morgan fingerprint density at radius 1 is 1.14 bits per heavy atom. The van der Waals surface area contributed by atoms with E-state index in [0.29, 0.717) is 40.8 Å². The third-order valence-electron chi connectivity index (χ3n) is 4.14. The molecular weight excluding hydrogens is 376 g/mol. The highest BCUT2D eigenvalue weighted by molar-refractivity contribution is 7.99. The molecule has 3 rings (SSSR count). The van der Waals surface area contributed by atoms with Gasteiger partial charge in [-0.05, 0) is 25.0 Å². The van der Waals surface area contributed by atoms with Crippen LogP contribution in [0.15, 0.2) is 44.9 Å². The van der Waals surface area contributed by atoms with Crippen LogP contribution < -0.4 is 16.0 Å². The fourth-order valence-electron chi connectivity index (χ4n) is 2.89. The number of nitrogens with zero attached hydrogens (tertiary/aromatic N) is 4. The molecule has 3 aromatic rings. The first-order valence-corrected chi connectivity index (χ1v) is 10.2. The number of thioether (sulfide) groups is 1. The number of fused-ring (bicyclic) bond motifs is 1. The summed E-state index contributed by atoms with van der Waals surface area (Å²) in [5.41, 5.74) is -0.320. The molecule has 0 radical (unpaired) electrons. The van der Waals surface area contributed by atoms with Gasteiger partial charge in [0.2, 0.25) is 0 Å². The van der Waals surface area contributed by atoms with Crippen molar-refractivity contribution in [1.29, 1.82) is 0 Å². The number of aromatic nitrogens is 4. The van der Waals surface area contributed by atoms with Crippen molar-refractivity contribution in [1.82, 2.24) is 19.1 Å². The van der Waals surface area contributed by atoms with E-state index in [1.807, 2.05) is 44.2 Å². The van der Waals surface area contributed by atoms with Gasteiger partial charge in [-0.2, -0.15) is 0 Å². The summed E-state index contributed by atoms with van der Waals surface area (Å²) < 4.78 is 8.42. The summed E-state index contributed by atoms with van der Waals surface area (Å²) in [6, 6.07) is 9.57. The zero-order valence-electron chi connectivity index (χ0n) is 16.5. The van der Waals surface area contributed by atoms with Crippen LogP contribution in [-0.2, 0) is 13.6 Å². The standard InChI is InChI=1S/C20H24N4O3S/c1-13(2)12-24-17-16(19(25)23(4)20(24)26)18(22-14(3)21-17)28-11-10-27-15-8-6-5-7-9-15/h5-9,13H,10-12H2,1-4H3. The monoisotopic (exact) mass is 400 g/mol. The molecule has 1 aromatic carbocycles. The Morgan fingerprint density at radius 2 is 1.86 bits per heavy atom. The molecule has 0 aliphatic rings. The van der Waals surface area contributed by atoms with Gasteiger partial charge in [0.1, 0.15) is 22.0 Å². The fourth-order valence-corrected chi connectivity index (χ4v) is 3.77. The van der Waals surface area contributed by atoms with Crippen molar-refractivity contribution >= 4 is 22.8 Å². The van der Waals surface area contributed by atoms with Crippen molar-refractivity contribution < 1.29 is 4.74 Å². The van der Waals surface area contributed by atoms with Crippen molar-refractivity contribution in [2.75, 3.05) is 12.4 Å². The van der Waals surface area contributed by atoms with Crippen molar-refractivity contribution in [3.8, 4) is 5.75 Å². The SMILES string of the molecule is Cc1nc(SCCOc2ccccc2)c2c(=O)n(C)c(=O)n(CC(C)C)c2n1. The molecule has 0 N–H and O–H groups in total. The van der Waals surface area contributed by atoms with E-state index in [1.54, 1.807) is 11.5 Å². The summed E-state index contributed by atoms with van der Waals surface area (Å²) >= 11 is 1.43. The average Bonchev–Trinajstić information content (AvgIpc) is 2.67. The largest absolute Gasteiger partial charge is 0.493 e. The lowest BCUT2D eigenvalue weighted by molar-refractivity contribution is 0.344. The maximum Gasteiger partial charge on any atom is 0.332 e. The molecule has 0 saturated carbocycles. The van der Waals surface area contributed by atoms with Gasteiger partial charge in [-0.25, -0.2) is 14.8 Å². The Balaban J connectivity index is 1.95. The summed E-state index contributed by atoms with van der Waals surface area (Å²) in [6.07, 6.45) is 0. The van der Waals surface area contributed by atoms with E-state index in [4.69, 9.17) is 4.74 Å². The van der Waals surface area contributed by atoms with Crippen LogP contribution in [-0.4, -0.2) is 31.5 Å². The Kier molecular flexibility index (Phi) is 6.18. The number of hydrogen-bond donors (Lipinski definition) is 0. The minimum atomic E-state index is -0.369. The molecule has 2 aromatic heterocycles. The van der Waals surface area contributed by atoms with Crippen LogP contribution in [0.4, 0.5) is 0 Å². The highest BCUT2D eigenvalue weighted by Gasteiger charge is 2.18. The summed E-state index contributed by atoms with van der Waals surface area (Å²) in [5.74, 6) is 2.19. The molecule has 148 valence electrons. The molecule has 0 amide bonds. The third-order valence-corrected chi connectivity index (χ3v) is 5.08. The van der Waals surface area contributed by atoms with Gasteiger partial charge in [-0.15, -0.1) is 11.8 Å². The molecule has 0 saturated heterocycles. The second-order valence-corrected chi connectivity index (χ2v) is 8.02. The fraction of sp³-hybridized carbons (Fsp3) is 0.400. The zero-order chi connectivity index (χ0) is 20.3. The maximum atomic E-state index is 12.8. The Morgan fingerprint density at radius 3 is 2.54 bits per heavy atom. The lowest BCUT2D eigenvalue weighted by Crippen LogP contribution is -2.39. The first kappa shape index (κ1) is 20.1. The van der Waals surface area contributed by atoms with Gasteiger partial charge < -0.3 is 4.74 Å². The van der Waals surface area contributed by atoms with Gasteiger partial charge in [0.25, 0.3) is 5.56 Å². The van der Waals surface area contributed by atoms with Crippen LogP contribution in [0, 0.1) is 12.8 Å². The highest BCUT2D eigenvalue weighted by atomic mass is 32.2. The van der Waals surface area contributed by atoms with E-state index in [9.17, 15) is 9.59 Å². The molecule has 8 heteroatoms. The number of para-hydroxylation sites is 1. The van der Waals surface area contributed by atoms with Crippen LogP contribution in [0.3, 0.4) is 0 Å². The molecule has 0 spiro atoms. The van der Waals surface area contributed by atoms with Gasteiger partial charge in [-0.1, -0.05) is 32.0 Å². The van der Waals surface area contributed by atoms with E-state index < -0.39 is 0 Å². The van der Waals surface area contributed by atoms with Crippen LogP contribution in [0.5, 0.6) is 5.75 Å². The molecule has 0 fully saturated rings. The van der Waals surface area contributed by atoms with Gasteiger partial charge in [0.15, 0.2) is 5.65 Å². The topological polar surface area (TPSA) is 79.0 Å². The second-order valence-electron chi connectivity index (χ2n) is 6.94. The van der Waals surface area contributed by atoms with Gasteiger partial charge in [0.05, 0.1) is 6.61 Å². The third kappa shape index (κ3) is 4.27. The lowest BCUT2D eigenvalue weighted by Gasteiger charge is -2.15. The summed E-state index contributed by atoms with van der Waals surface area (Å²) in [7, 11) is 1.49. The summed E-state index contributed by atoms with van der Waals surface area (Å²) in [4.78, 5) is 34.3. The Labute approximate surface area is 167 Å². The van der Waals surface area contributed by atoms with Crippen LogP contribution in [0.1, 0.15) is 19.7 Å². The van der Waals surface area contributed by atoms with Crippen LogP contribution in [0.2, 0.25) is 0 Å². The minimum Gasteiger partial charge on any atom is -0.493 e. The maximum absolute atomic E-state index is 12.8. The number of ether oxygens (including phenoxy) is 1. The van der Waals surface area contributed by atoms with E-state index in [1.165, 1.54) is 18.8 Å². The minimum absolute atomic E-state index is 0.240. The summed E-state index contributed by atoms with van der Waals surface area (Å²) in [6.45, 7) is 6.78. The molecule has 0 bridgehead atoms. The average molecular weight is 401 g/mol. The predicted molar refractivity (Wildman–Crippen MR) is 111 cm³/mol. The first-order chi connectivity index (χ1) is 13.4. The van der Waals surface area contributed by atoms with E-state index in [-0.39, 0.29) is 17.2 Å². The van der Waals surface area contributed by atoms with Crippen molar-refractivity contribution in [2.24, 2.45) is 13.0 Å². The first-order valence-electron chi connectivity index (χ1n) is 9.17. The molecule has 28 heavy (non-hydrogen) atoms. The highest BCUT2D eigenvalue weighted by Crippen LogP contribution is 2.23. The predicted octanol–water partition coefficient (Wildman–Crippen LogP) is 2.63. The zero-order valence-corrected chi connectivity index (χ0v) is 17.3. The molecular formula is C20H24N4O3S. The van der Waals surface area contributed by atoms with Crippen molar-refractivity contribution in [3.63, 3.8) is 0 Å². The van der Waals surface area contributed by atoms with Crippen LogP contribution >= 0.6 is 11.8 Å². The molecule has 2 heterocycles. The number of aryl methyl sites for hydroxylation is 1.